The first kappa shape index (κ1) is 43.7. The molecule has 2 aromatic rings. The predicted octanol–water partition coefficient (Wildman–Crippen LogP) is 6.95. The van der Waals surface area contributed by atoms with Gasteiger partial charge >= 0.3 is 12.1 Å². The summed E-state index contributed by atoms with van der Waals surface area (Å²) in [7, 11) is 2.79. The first-order valence-corrected chi connectivity index (χ1v) is 19.3. The highest BCUT2D eigenvalue weighted by Gasteiger charge is 2.53. The number of likely N-dealkylation sites (tertiary alicyclic amines) is 1. The van der Waals surface area contributed by atoms with Gasteiger partial charge in [-0.1, -0.05) is 20.8 Å². The second-order valence-corrected chi connectivity index (χ2v) is 16.2. The Hall–Kier alpha value is -4.99. The number of aromatic carboxylic acids is 1. The summed E-state index contributed by atoms with van der Waals surface area (Å²) in [5.41, 5.74) is 0.797. The number of carbonyl (C=O) groups excluding carboxylic acids is 2. The molecule has 16 nitrogen and oxygen atoms in total. The van der Waals surface area contributed by atoms with E-state index in [9.17, 15) is 34.6 Å². The summed E-state index contributed by atoms with van der Waals surface area (Å²) >= 11 is 0. The highest BCUT2D eigenvalue weighted by molar-refractivity contribution is 5.96. The van der Waals surface area contributed by atoms with E-state index < -0.39 is 27.5 Å². The molecule has 2 atom stereocenters. The van der Waals surface area contributed by atoms with Crippen molar-refractivity contribution in [2.45, 2.75) is 105 Å². The number of carbonyl (C=O) groups is 3. The molecule has 2 spiro atoms. The Morgan fingerprint density at radius 3 is 1.80 bits per heavy atom. The molecule has 6 rings (SSSR count). The van der Waals surface area contributed by atoms with Gasteiger partial charge < -0.3 is 34.9 Å². The van der Waals surface area contributed by atoms with Crippen LogP contribution in [0.5, 0.6) is 11.5 Å². The lowest BCUT2D eigenvalue weighted by Gasteiger charge is -2.39. The first-order chi connectivity index (χ1) is 26.3. The van der Waals surface area contributed by atoms with Crippen LogP contribution in [0.2, 0.25) is 0 Å². The third-order valence-electron chi connectivity index (χ3n) is 11.5. The molecule has 0 bridgehead atoms. The molecule has 2 saturated heterocycles. The number of piperidine rings is 2. The average molecular weight is 784 g/mol. The minimum atomic E-state index is -1.22. The number of ether oxygens (including phenoxy) is 3. The maximum atomic E-state index is 13.2. The maximum absolute atomic E-state index is 13.2. The molecule has 2 aliphatic carbocycles. The lowest BCUT2D eigenvalue weighted by atomic mass is 9.85. The smallest absolute Gasteiger partial charge is 0.407 e. The molecule has 308 valence electrons. The van der Waals surface area contributed by atoms with Crippen LogP contribution in [0.3, 0.4) is 0 Å². The number of amides is 2. The zero-order valence-electron chi connectivity index (χ0n) is 33.8. The highest BCUT2D eigenvalue weighted by atomic mass is 16.6. The molecule has 3 N–H and O–H groups in total. The molecule has 4 fully saturated rings. The number of nitrogens with one attached hydrogen (secondary N) is 2. The highest BCUT2D eigenvalue weighted by Crippen LogP contribution is 2.55. The molecule has 56 heavy (non-hydrogen) atoms. The standard InChI is InChI=1S/C22H31N3O6.C10H11NO5.C8H15N/c1-6-15-16(25(28)29)11-14(12-17(15)30-5)19(26)24-10-9-22(7-8-22)18(13-24)23-20(27)31-21(2,3)4;1-3-7-8(11(14)15)4-6(10(12)13)5-9(7)16-2;1-7-6-9-5-4-8(7)2-3-8/h11-12,18H,6-10,13H2,1-5H3,(H,23,27);4-5H,3H2,1-2H3,(H,12,13);7,9H,2-6H2,1H3. The number of alkyl carbamates (subject to hydrolysis) is 1. The molecule has 0 aromatic heterocycles. The second kappa shape index (κ2) is 17.9. The summed E-state index contributed by atoms with van der Waals surface area (Å²) in [4.78, 5) is 59.2. The summed E-state index contributed by atoms with van der Waals surface area (Å²) in [5, 5.41) is 37.5. The van der Waals surface area contributed by atoms with E-state index in [1.54, 1.807) is 45.6 Å². The Kier molecular flexibility index (Phi) is 13.9. The van der Waals surface area contributed by atoms with Crippen LogP contribution in [0.1, 0.15) is 112 Å². The van der Waals surface area contributed by atoms with Crippen molar-refractivity contribution in [3.63, 3.8) is 0 Å². The van der Waals surface area contributed by atoms with E-state index >= 15 is 0 Å². The van der Waals surface area contributed by atoms with Gasteiger partial charge in [-0.3, -0.25) is 25.0 Å². The molecular weight excluding hydrogens is 726 g/mol. The number of nitro groups is 2. The Morgan fingerprint density at radius 2 is 1.39 bits per heavy atom. The monoisotopic (exact) mass is 783 g/mol. The van der Waals surface area contributed by atoms with Crippen LogP contribution < -0.4 is 20.1 Å². The molecule has 2 saturated carbocycles. The van der Waals surface area contributed by atoms with Gasteiger partial charge in [0.1, 0.15) is 17.1 Å². The summed E-state index contributed by atoms with van der Waals surface area (Å²) in [5.74, 6) is -0.0147. The SMILES string of the molecule is CC1CNCCC12CC2.CCc1c(OC)cc(C(=O)N2CCC3(CC3)C(NC(=O)OC(C)(C)C)C2)cc1[N+](=O)[O-].CCc1c(OC)cc(C(=O)O)cc1[N+](=O)[O-]. The van der Waals surface area contributed by atoms with Gasteiger partial charge in [0.15, 0.2) is 0 Å². The molecule has 2 aliphatic heterocycles. The van der Waals surface area contributed by atoms with Crippen LogP contribution in [0.25, 0.3) is 0 Å². The number of hydrogen-bond acceptors (Lipinski definition) is 11. The van der Waals surface area contributed by atoms with Gasteiger partial charge in [-0.15, -0.1) is 0 Å². The third kappa shape index (κ3) is 10.4. The van der Waals surface area contributed by atoms with Crippen LogP contribution >= 0.6 is 0 Å². The Bertz CT molecular complexity index is 1800. The van der Waals surface area contributed by atoms with Crippen molar-refractivity contribution in [2.24, 2.45) is 16.7 Å². The number of hydrogen-bond donors (Lipinski definition) is 3. The fourth-order valence-corrected chi connectivity index (χ4v) is 7.74. The average Bonchev–Trinajstić information content (AvgIpc) is 4.09. The van der Waals surface area contributed by atoms with E-state index in [0.29, 0.717) is 42.8 Å². The Morgan fingerprint density at radius 1 is 0.875 bits per heavy atom. The second-order valence-electron chi connectivity index (χ2n) is 16.2. The molecule has 2 amide bonds. The molecule has 16 heteroatoms. The number of nitrogens with zero attached hydrogens (tertiary/aromatic N) is 3. The largest absolute Gasteiger partial charge is 0.496 e. The molecule has 4 aliphatic rings. The van der Waals surface area contributed by atoms with Gasteiger partial charge in [0.25, 0.3) is 17.3 Å². The first-order valence-electron chi connectivity index (χ1n) is 19.3. The third-order valence-corrected chi connectivity index (χ3v) is 11.5. The topological polar surface area (TPSA) is 213 Å². The Labute approximate surface area is 327 Å². The number of rotatable bonds is 9. The lowest BCUT2D eigenvalue weighted by Crippen LogP contribution is -2.55. The van der Waals surface area contributed by atoms with Crippen molar-refractivity contribution in [3.8, 4) is 11.5 Å². The van der Waals surface area contributed by atoms with E-state index in [1.165, 1.54) is 58.7 Å². The minimum Gasteiger partial charge on any atom is -0.496 e. The van der Waals surface area contributed by atoms with Gasteiger partial charge in [0.05, 0.1) is 52.4 Å². The van der Waals surface area contributed by atoms with Crippen LogP contribution in [0.15, 0.2) is 24.3 Å². The number of carboxylic acids is 1. The number of benzene rings is 2. The van der Waals surface area contributed by atoms with Gasteiger partial charge in [0, 0.05) is 25.2 Å². The van der Waals surface area contributed by atoms with Gasteiger partial charge in [0.2, 0.25) is 0 Å². The van der Waals surface area contributed by atoms with Gasteiger partial charge in [-0.25, -0.2) is 9.59 Å². The van der Waals surface area contributed by atoms with E-state index in [1.807, 2.05) is 0 Å². The molecule has 2 heterocycles. The fourth-order valence-electron chi connectivity index (χ4n) is 7.74. The number of methoxy groups -OCH3 is 2. The van der Waals surface area contributed by atoms with Gasteiger partial charge in [-0.2, -0.15) is 0 Å². The van der Waals surface area contributed by atoms with Crippen molar-refractivity contribution >= 4 is 29.3 Å². The maximum Gasteiger partial charge on any atom is 0.407 e. The summed E-state index contributed by atoms with van der Waals surface area (Å²) in [6.45, 7) is 14.7. The van der Waals surface area contributed by atoms with Crippen molar-refractivity contribution in [2.75, 3.05) is 40.4 Å². The minimum absolute atomic E-state index is 0.00341. The predicted molar refractivity (Wildman–Crippen MR) is 209 cm³/mol. The van der Waals surface area contributed by atoms with Gasteiger partial charge in [-0.05, 0) is 114 Å². The quantitative estimate of drug-likeness (QED) is 0.174. The normalized spacial score (nSPS) is 20.0. The van der Waals surface area contributed by atoms with Crippen molar-refractivity contribution < 1.29 is 43.5 Å². The number of nitro benzene ring substituents is 2. The zero-order valence-corrected chi connectivity index (χ0v) is 33.8. The van der Waals surface area contributed by atoms with Crippen LogP contribution in [-0.2, 0) is 17.6 Å². The fraction of sp³-hybridized carbons (Fsp3) is 0.625. The summed E-state index contributed by atoms with van der Waals surface area (Å²) < 4.78 is 15.7. The van der Waals surface area contributed by atoms with Crippen molar-refractivity contribution in [3.05, 3.63) is 66.7 Å². The van der Waals surface area contributed by atoms with E-state index in [2.05, 4.69) is 17.6 Å². The van der Waals surface area contributed by atoms with Crippen molar-refractivity contribution in [1.29, 1.82) is 0 Å². The van der Waals surface area contributed by atoms with E-state index in [4.69, 9.17) is 19.3 Å². The Balaban J connectivity index is 0.000000228. The number of carboxylic acid groups (broad SMARTS) is 1. The molecule has 2 aromatic carbocycles. The molecular formula is C40H57N5O11. The van der Waals surface area contributed by atoms with E-state index in [-0.39, 0.29) is 45.6 Å². The van der Waals surface area contributed by atoms with Crippen molar-refractivity contribution in [1.82, 2.24) is 15.5 Å². The summed E-state index contributed by atoms with van der Waals surface area (Å²) in [6, 6.07) is 5.00. The summed E-state index contributed by atoms with van der Waals surface area (Å²) in [6.07, 6.45) is 7.55. The van der Waals surface area contributed by atoms with Crippen LogP contribution in [-0.4, -0.2) is 89.9 Å². The van der Waals surface area contributed by atoms with E-state index in [0.717, 1.165) is 36.7 Å². The van der Waals surface area contributed by atoms with Crippen LogP contribution in [0.4, 0.5) is 16.2 Å². The van der Waals surface area contributed by atoms with Crippen LogP contribution in [0, 0.1) is 37.0 Å². The lowest BCUT2D eigenvalue weighted by molar-refractivity contribution is -0.385. The zero-order chi connectivity index (χ0) is 41.6. The molecule has 2 unspecified atom stereocenters. The molecule has 0 radical (unpaired) electrons.